The molecule has 0 radical (unpaired) electrons. The van der Waals surface area contributed by atoms with Crippen molar-refractivity contribution in [3.8, 4) is 0 Å². The molecule has 0 spiro atoms. The van der Waals surface area contributed by atoms with Gasteiger partial charge in [0.1, 0.15) is 0 Å². The summed E-state index contributed by atoms with van der Waals surface area (Å²) < 4.78 is 0. The fourth-order valence-corrected chi connectivity index (χ4v) is 3.30. The molecule has 0 saturated heterocycles. The zero-order valence-electron chi connectivity index (χ0n) is 20.8. The molecule has 0 unspecified atom stereocenters. The van der Waals surface area contributed by atoms with Gasteiger partial charge in [-0.05, 0) is 10.8 Å². The minimum atomic E-state index is 0. The second-order valence-electron chi connectivity index (χ2n) is 9.83. The SMILES string of the molecule is CC(C)(C)c1ccc2c(c1)[cH-]c1cc(C(C)(C)C)ccc12.C[CH-]C.[C-]1=CC=CC1.[Cl-].[Cl-].[Hf]. The van der Waals surface area contributed by atoms with Crippen molar-refractivity contribution in [2.45, 2.75) is 72.6 Å². The van der Waals surface area contributed by atoms with Crippen LogP contribution in [0.15, 0.2) is 60.7 Å². The third kappa shape index (κ3) is 9.24. The van der Waals surface area contributed by atoms with E-state index >= 15 is 0 Å². The first-order valence-electron chi connectivity index (χ1n) is 10.7. The maximum atomic E-state index is 2.99. The molecule has 1 aliphatic carbocycles. The average molecular weight is 635 g/mol. The van der Waals surface area contributed by atoms with E-state index in [1.54, 1.807) is 0 Å². The van der Waals surface area contributed by atoms with Gasteiger partial charge in [-0.15, -0.1) is 46.2 Å². The van der Waals surface area contributed by atoms with Crippen LogP contribution in [0.2, 0.25) is 0 Å². The number of rotatable bonds is 0. The van der Waals surface area contributed by atoms with Crippen LogP contribution in [0, 0.1) is 12.5 Å². The van der Waals surface area contributed by atoms with Crippen molar-refractivity contribution in [2.75, 3.05) is 0 Å². The van der Waals surface area contributed by atoms with Crippen LogP contribution in [0.4, 0.5) is 0 Å². The first kappa shape index (κ1) is 33.4. The fraction of sp³-hybridized carbons (Fsp3) is 0.379. The van der Waals surface area contributed by atoms with E-state index in [-0.39, 0.29) is 61.5 Å². The molecule has 0 fully saturated rings. The van der Waals surface area contributed by atoms with Crippen molar-refractivity contribution in [3.05, 3.63) is 84.3 Å². The van der Waals surface area contributed by atoms with E-state index in [0.717, 1.165) is 6.42 Å². The topological polar surface area (TPSA) is 0 Å². The van der Waals surface area contributed by atoms with E-state index in [1.807, 2.05) is 32.4 Å². The van der Waals surface area contributed by atoms with Gasteiger partial charge in [0.25, 0.3) is 0 Å². The van der Waals surface area contributed by atoms with E-state index < -0.39 is 0 Å². The number of halogens is 2. The molecule has 1 aliphatic rings. The van der Waals surface area contributed by atoms with Gasteiger partial charge in [-0.3, -0.25) is 6.08 Å². The number of hydrogen-bond donors (Lipinski definition) is 0. The van der Waals surface area contributed by atoms with Crippen LogP contribution in [-0.4, -0.2) is 0 Å². The maximum absolute atomic E-state index is 2.99. The predicted molar refractivity (Wildman–Crippen MR) is 132 cm³/mol. The Balaban J connectivity index is 0. The van der Waals surface area contributed by atoms with E-state index in [9.17, 15) is 0 Å². The van der Waals surface area contributed by atoms with Gasteiger partial charge >= 0.3 is 0 Å². The smallest absolute Gasteiger partial charge is 0 e. The van der Waals surface area contributed by atoms with Crippen LogP contribution in [0.5, 0.6) is 0 Å². The summed E-state index contributed by atoms with van der Waals surface area (Å²) >= 11 is 0. The summed E-state index contributed by atoms with van der Waals surface area (Å²) in [6.07, 6.45) is 12.0. The second kappa shape index (κ2) is 14.5. The summed E-state index contributed by atoms with van der Waals surface area (Å²) in [6, 6.07) is 16.2. The summed E-state index contributed by atoms with van der Waals surface area (Å²) in [4.78, 5) is 0. The van der Waals surface area contributed by atoms with E-state index in [0.29, 0.717) is 0 Å². The van der Waals surface area contributed by atoms with Gasteiger partial charge in [0.05, 0.1) is 0 Å². The second-order valence-corrected chi connectivity index (χ2v) is 9.83. The molecule has 3 aromatic carbocycles. The molecule has 0 aliphatic heterocycles. The predicted octanol–water partition coefficient (Wildman–Crippen LogP) is 2.85. The van der Waals surface area contributed by atoms with Crippen LogP contribution in [0.25, 0.3) is 21.5 Å². The molecule has 0 saturated carbocycles. The number of fused-ring (bicyclic) bond motifs is 3. The number of benzene rings is 2. The maximum Gasteiger partial charge on any atom is 0 e. The molecule has 0 N–H and O–H groups in total. The summed E-state index contributed by atoms with van der Waals surface area (Å²) in [5.74, 6) is 0. The Hall–Kier alpha value is -0.760. The summed E-state index contributed by atoms with van der Waals surface area (Å²) in [5.41, 5.74) is 3.21. The van der Waals surface area contributed by atoms with Gasteiger partial charge in [0.15, 0.2) is 0 Å². The van der Waals surface area contributed by atoms with Crippen molar-refractivity contribution in [3.63, 3.8) is 0 Å². The molecule has 176 valence electrons. The Morgan fingerprint density at radius 1 is 0.781 bits per heavy atom. The molecule has 0 bridgehead atoms. The van der Waals surface area contributed by atoms with Crippen LogP contribution < -0.4 is 24.8 Å². The Kier molecular flexibility index (Phi) is 15.1. The molecule has 3 aromatic rings. The monoisotopic (exact) mass is 635 g/mol. The van der Waals surface area contributed by atoms with Gasteiger partial charge in [-0.25, -0.2) is 12.2 Å². The van der Waals surface area contributed by atoms with Crippen molar-refractivity contribution in [1.29, 1.82) is 0 Å². The zero-order chi connectivity index (χ0) is 21.7. The molecule has 0 atom stereocenters. The largest absolute Gasteiger partial charge is 1.00 e. The van der Waals surface area contributed by atoms with Gasteiger partial charge in [-0.2, -0.15) is 19.9 Å². The number of allylic oxidation sites excluding steroid dienone is 4. The van der Waals surface area contributed by atoms with Gasteiger partial charge < -0.3 is 31.2 Å². The molecular formula is C29H37Cl2Hf-5. The van der Waals surface area contributed by atoms with Crippen molar-refractivity contribution >= 4 is 21.5 Å². The molecular weight excluding hydrogens is 598 g/mol. The standard InChI is InChI=1S/C21H25.C5H5.C3H7.2ClH.Hf/c1-20(2,3)16-7-9-18-14(12-16)11-15-13-17(21(4,5)6)8-10-19(15)18;1-2-4-5-3-1;1-3-2;;;/h7-13H,1-6H3;1-3H,4H2;3H,1-2H3;2*1H;/q3*-1;;;/p-2. The molecule has 32 heavy (non-hydrogen) atoms. The molecule has 0 nitrogen and oxygen atoms in total. The quantitative estimate of drug-likeness (QED) is 0.264. The van der Waals surface area contributed by atoms with Crippen molar-refractivity contribution < 1.29 is 50.7 Å². The first-order valence-corrected chi connectivity index (χ1v) is 10.7. The van der Waals surface area contributed by atoms with E-state index in [1.165, 1.54) is 32.7 Å². The molecule has 4 rings (SSSR count). The Morgan fingerprint density at radius 2 is 1.19 bits per heavy atom. The van der Waals surface area contributed by atoms with Crippen LogP contribution in [0.3, 0.4) is 0 Å². The minimum Gasteiger partial charge on any atom is -1.00 e. The molecule has 3 heteroatoms. The average Bonchev–Trinajstić information content (AvgIpc) is 3.31. The Morgan fingerprint density at radius 3 is 1.44 bits per heavy atom. The number of hydrogen-bond acceptors (Lipinski definition) is 0. The van der Waals surface area contributed by atoms with E-state index in [4.69, 9.17) is 0 Å². The van der Waals surface area contributed by atoms with Crippen LogP contribution >= 0.6 is 0 Å². The van der Waals surface area contributed by atoms with Crippen LogP contribution in [0.1, 0.15) is 72.9 Å². The summed E-state index contributed by atoms with van der Waals surface area (Å²) in [7, 11) is 0. The first-order chi connectivity index (χ1) is 13.6. The summed E-state index contributed by atoms with van der Waals surface area (Å²) in [6.45, 7) is 17.6. The Bertz CT molecular complexity index is 917. The van der Waals surface area contributed by atoms with Crippen LogP contribution in [-0.2, 0) is 36.7 Å². The van der Waals surface area contributed by atoms with Gasteiger partial charge in [0, 0.05) is 25.8 Å². The van der Waals surface area contributed by atoms with Crippen molar-refractivity contribution in [2.24, 2.45) is 0 Å². The molecule has 0 amide bonds. The normalized spacial score (nSPS) is 12.0. The Labute approximate surface area is 227 Å². The van der Waals surface area contributed by atoms with Gasteiger partial charge in [0.2, 0.25) is 0 Å². The van der Waals surface area contributed by atoms with Gasteiger partial charge in [-0.1, -0.05) is 76.9 Å². The third-order valence-electron chi connectivity index (χ3n) is 5.02. The zero-order valence-corrected chi connectivity index (χ0v) is 25.9. The van der Waals surface area contributed by atoms with E-state index in [2.05, 4.69) is 96.2 Å². The molecule has 0 heterocycles. The van der Waals surface area contributed by atoms with Crippen molar-refractivity contribution in [1.82, 2.24) is 0 Å². The molecule has 0 aromatic heterocycles. The minimum absolute atomic E-state index is 0. The summed E-state index contributed by atoms with van der Waals surface area (Å²) in [5, 5.41) is 5.48. The third-order valence-corrected chi connectivity index (χ3v) is 5.02. The fourth-order valence-electron chi connectivity index (χ4n) is 3.30.